The smallest absolute Gasteiger partial charge is 0.162 e. The van der Waals surface area contributed by atoms with Crippen molar-refractivity contribution < 1.29 is 13.2 Å². The van der Waals surface area contributed by atoms with Crippen LogP contribution in [0.2, 0.25) is 0 Å². The Morgan fingerprint density at radius 3 is 1.84 bits per heavy atom. The van der Waals surface area contributed by atoms with Gasteiger partial charge in [0.15, 0.2) is 6.17 Å². The second-order valence-corrected chi connectivity index (χ2v) is 7.12. The third kappa shape index (κ3) is 3.88. The average molecular weight is 276 g/mol. The molecule has 2 unspecified atom stereocenters. The molecule has 0 spiro atoms. The molecular weight excluding hydrogens is 249 g/mol. The molecule has 2 saturated carbocycles. The van der Waals surface area contributed by atoms with E-state index in [0.29, 0.717) is 5.92 Å². The van der Waals surface area contributed by atoms with Gasteiger partial charge in [-0.25, -0.2) is 13.2 Å². The predicted octanol–water partition coefficient (Wildman–Crippen LogP) is 5.26. The summed E-state index contributed by atoms with van der Waals surface area (Å²) in [6.45, 7) is 4.49. The summed E-state index contributed by atoms with van der Waals surface area (Å²) in [5.41, 5.74) is 0. The van der Waals surface area contributed by atoms with E-state index < -0.39 is 18.5 Å². The van der Waals surface area contributed by atoms with Crippen molar-refractivity contribution in [3.8, 4) is 0 Å². The first-order valence-electron chi connectivity index (χ1n) is 7.89. The highest BCUT2D eigenvalue weighted by molar-refractivity contribution is 4.90. The first-order valence-corrected chi connectivity index (χ1v) is 7.89. The van der Waals surface area contributed by atoms with Gasteiger partial charge in [0, 0.05) is 0 Å². The van der Waals surface area contributed by atoms with Crippen molar-refractivity contribution in [3.63, 3.8) is 0 Å². The minimum Gasteiger partial charge on any atom is -0.244 e. The Bertz CT molecular complexity index is 259. The van der Waals surface area contributed by atoms with Gasteiger partial charge < -0.3 is 0 Å². The average Bonchev–Trinajstić information content (AvgIpc) is 2.35. The second-order valence-electron chi connectivity index (χ2n) is 7.12. The number of alkyl halides is 3. The van der Waals surface area contributed by atoms with E-state index in [1.807, 2.05) is 0 Å². The highest BCUT2D eigenvalue weighted by Gasteiger charge is 2.41. The molecule has 0 aromatic carbocycles. The van der Waals surface area contributed by atoms with Gasteiger partial charge in [-0.2, -0.15) is 0 Å². The van der Waals surface area contributed by atoms with E-state index >= 15 is 0 Å². The van der Waals surface area contributed by atoms with Gasteiger partial charge in [-0.15, -0.1) is 0 Å². The molecule has 2 atom stereocenters. The fourth-order valence-electron chi connectivity index (χ4n) is 4.11. The van der Waals surface area contributed by atoms with Gasteiger partial charge in [-0.1, -0.05) is 26.7 Å². The lowest BCUT2D eigenvalue weighted by atomic mass is 9.69. The Balaban J connectivity index is 1.81. The van der Waals surface area contributed by atoms with Gasteiger partial charge in [0.2, 0.25) is 0 Å². The highest BCUT2D eigenvalue weighted by Crippen LogP contribution is 2.43. The maximum atomic E-state index is 13.5. The van der Waals surface area contributed by atoms with Crippen LogP contribution in [0.5, 0.6) is 0 Å². The molecule has 0 aliphatic heterocycles. The van der Waals surface area contributed by atoms with E-state index in [9.17, 15) is 13.2 Å². The van der Waals surface area contributed by atoms with Crippen LogP contribution in [0, 0.1) is 23.7 Å². The molecule has 19 heavy (non-hydrogen) atoms. The van der Waals surface area contributed by atoms with Crippen LogP contribution in [-0.2, 0) is 0 Å². The fourth-order valence-corrected chi connectivity index (χ4v) is 4.11. The minimum atomic E-state index is -1.88. The summed E-state index contributed by atoms with van der Waals surface area (Å²) >= 11 is 0. The van der Waals surface area contributed by atoms with Crippen LogP contribution in [0.15, 0.2) is 0 Å². The summed E-state index contributed by atoms with van der Waals surface area (Å²) in [6, 6.07) is 0. The van der Waals surface area contributed by atoms with Crippen LogP contribution in [-0.4, -0.2) is 18.5 Å². The van der Waals surface area contributed by atoms with Crippen molar-refractivity contribution in [1.82, 2.24) is 0 Å². The van der Waals surface area contributed by atoms with E-state index in [-0.39, 0.29) is 18.8 Å². The van der Waals surface area contributed by atoms with Gasteiger partial charge in [0.1, 0.15) is 12.3 Å². The molecule has 0 N–H and O–H groups in total. The molecule has 0 aromatic rings. The largest absolute Gasteiger partial charge is 0.244 e. The molecule has 0 saturated heterocycles. The summed E-state index contributed by atoms with van der Waals surface area (Å²) in [6.07, 6.45) is 1.23. The lowest BCUT2D eigenvalue weighted by Gasteiger charge is -2.39. The molecule has 2 aliphatic rings. The molecule has 2 fully saturated rings. The lowest BCUT2D eigenvalue weighted by molar-refractivity contribution is -0.00489. The van der Waals surface area contributed by atoms with Gasteiger partial charge in [-0.3, -0.25) is 0 Å². The number of hydrogen-bond acceptors (Lipinski definition) is 0. The minimum absolute atomic E-state index is 0.0667. The molecule has 0 radical (unpaired) electrons. The summed E-state index contributed by atoms with van der Waals surface area (Å²) in [4.78, 5) is 0. The van der Waals surface area contributed by atoms with Crippen molar-refractivity contribution >= 4 is 0 Å². The summed E-state index contributed by atoms with van der Waals surface area (Å²) < 4.78 is 40.1. The molecule has 112 valence electrons. The SMILES string of the molecule is CC(C)CC1CCC(C2CC(F)C(F)C(F)C2)CC1. The molecule has 0 aromatic heterocycles. The molecular formula is C16H27F3. The van der Waals surface area contributed by atoms with Gasteiger partial charge in [0.05, 0.1) is 0 Å². The number of rotatable bonds is 3. The molecule has 2 aliphatic carbocycles. The first-order chi connectivity index (χ1) is 8.97. The quantitative estimate of drug-likeness (QED) is 0.659. The molecule has 3 heteroatoms. The standard InChI is InChI=1S/C16H27F3/c1-10(2)7-11-3-5-12(6-4-11)13-8-14(17)16(19)15(18)9-13/h10-16H,3-9H2,1-2H3. The third-order valence-electron chi connectivity index (χ3n) is 5.11. The molecule has 0 heterocycles. The van der Waals surface area contributed by atoms with E-state index in [0.717, 1.165) is 24.7 Å². The molecule has 0 bridgehead atoms. The Morgan fingerprint density at radius 1 is 0.842 bits per heavy atom. The van der Waals surface area contributed by atoms with Gasteiger partial charge in [0.25, 0.3) is 0 Å². The first kappa shape index (κ1) is 15.2. The Kier molecular flexibility index (Phi) is 5.19. The second kappa shape index (κ2) is 6.49. The van der Waals surface area contributed by atoms with Crippen molar-refractivity contribution in [2.75, 3.05) is 0 Å². The number of hydrogen-bond donors (Lipinski definition) is 0. The highest BCUT2D eigenvalue weighted by atomic mass is 19.2. The maximum absolute atomic E-state index is 13.5. The van der Waals surface area contributed by atoms with E-state index in [2.05, 4.69) is 13.8 Å². The predicted molar refractivity (Wildman–Crippen MR) is 72.3 cm³/mol. The normalized spacial score (nSPS) is 44.5. The molecule has 0 nitrogen and oxygen atoms in total. The summed E-state index contributed by atoms with van der Waals surface area (Å²) in [7, 11) is 0. The zero-order valence-corrected chi connectivity index (χ0v) is 12.1. The summed E-state index contributed by atoms with van der Waals surface area (Å²) in [5, 5.41) is 0. The number of halogens is 3. The lowest BCUT2D eigenvalue weighted by Crippen LogP contribution is -2.40. The Labute approximate surface area is 115 Å². The summed E-state index contributed by atoms with van der Waals surface area (Å²) in [5.74, 6) is 2.01. The Morgan fingerprint density at radius 2 is 1.37 bits per heavy atom. The Hall–Kier alpha value is -0.210. The van der Waals surface area contributed by atoms with E-state index in [1.165, 1.54) is 19.3 Å². The topological polar surface area (TPSA) is 0 Å². The molecule has 0 amide bonds. The van der Waals surface area contributed by atoms with Crippen LogP contribution >= 0.6 is 0 Å². The van der Waals surface area contributed by atoms with Crippen LogP contribution in [0.4, 0.5) is 13.2 Å². The monoisotopic (exact) mass is 276 g/mol. The fraction of sp³-hybridized carbons (Fsp3) is 1.00. The van der Waals surface area contributed by atoms with Crippen molar-refractivity contribution in [3.05, 3.63) is 0 Å². The van der Waals surface area contributed by atoms with E-state index in [4.69, 9.17) is 0 Å². The maximum Gasteiger partial charge on any atom is 0.162 e. The van der Waals surface area contributed by atoms with Crippen molar-refractivity contribution in [2.45, 2.75) is 77.3 Å². The van der Waals surface area contributed by atoms with Crippen LogP contribution in [0.1, 0.15) is 58.8 Å². The van der Waals surface area contributed by atoms with Crippen LogP contribution < -0.4 is 0 Å². The van der Waals surface area contributed by atoms with Crippen molar-refractivity contribution in [1.29, 1.82) is 0 Å². The van der Waals surface area contributed by atoms with Crippen molar-refractivity contribution in [2.24, 2.45) is 23.7 Å². The van der Waals surface area contributed by atoms with E-state index in [1.54, 1.807) is 0 Å². The van der Waals surface area contributed by atoms with Crippen LogP contribution in [0.25, 0.3) is 0 Å². The van der Waals surface area contributed by atoms with Crippen LogP contribution in [0.3, 0.4) is 0 Å². The zero-order valence-electron chi connectivity index (χ0n) is 12.1. The van der Waals surface area contributed by atoms with Gasteiger partial charge in [-0.05, 0) is 55.8 Å². The zero-order chi connectivity index (χ0) is 14.0. The molecule has 2 rings (SSSR count). The van der Waals surface area contributed by atoms with Gasteiger partial charge >= 0.3 is 0 Å². The third-order valence-corrected chi connectivity index (χ3v) is 5.11.